The van der Waals surface area contributed by atoms with Gasteiger partial charge in [-0.05, 0) is 37.3 Å². The third-order valence-electron chi connectivity index (χ3n) is 6.93. The van der Waals surface area contributed by atoms with Gasteiger partial charge in [0.15, 0.2) is 5.82 Å². The molecular weight excluding hydrogens is 540 g/mol. The monoisotopic (exact) mass is 576 g/mol. The van der Waals surface area contributed by atoms with E-state index in [0.717, 1.165) is 5.39 Å². The largest absolute Gasteiger partial charge is 0.463 e. The molecule has 3 atom stereocenters. The Hall–Kier alpha value is -4.68. The van der Waals surface area contributed by atoms with Crippen molar-refractivity contribution in [2.24, 2.45) is 5.41 Å². The number of H-pyrrole nitrogens is 1. The van der Waals surface area contributed by atoms with E-state index in [1.165, 1.54) is 17.1 Å². The fraction of sp³-hybridized carbons (Fsp3) is 0.448. The number of aromatic nitrogens is 5. The summed E-state index contributed by atoms with van der Waals surface area (Å²) in [7, 11) is 0. The number of carbonyl (C=O) groups excluding carboxylic acids is 4. The summed E-state index contributed by atoms with van der Waals surface area (Å²) in [6.45, 7) is 7.85. The Labute approximate surface area is 243 Å². The van der Waals surface area contributed by atoms with Crippen molar-refractivity contribution in [3.05, 3.63) is 60.1 Å². The lowest BCUT2D eigenvalue weighted by Gasteiger charge is -2.35. The lowest BCUT2D eigenvalue weighted by atomic mass is 9.85. The second-order valence-corrected chi connectivity index (χ2v) is 11.1. The van der Waals surface area contributed by atoms with Crippen molar-refractivity contribution in [2.45, 2.75) is 65.1 Å². The molecule has 3 aromatic rings. The minimum atomic E-state index is -0.912. The highest BCUT2D eigenvalue weighted by molar-refractivity contribution is 5.99. The average Bonchev–Trinajstić information content (AvgIpc) is 3.66. The van der Waals surface area contributed by atoms with Crippen molar-refractivity contribution in [2.75, 3.05) is 13.2 Å². The molecule has 3 N–H and O–H groups in total. The summed E-state index contributed by atoms with van der Waals surface area (Å²) >= 11 is 0. The molecule has 13 heteroatoms. The molecule has 4 rings (SSSR count). The molecule has 13 nitrogen and oxygen atoms in total. The first-order valence-electron chi connectivity index (χ1n) is 13.9. The summed E-state index contributed by atoms with van der Waals surface area (Å²) in [5.74, 6) is -1.43. The van der Waals surface area contributed by atoms with Crippen LogP contribution in [-0.4, -0.2) is 85.5 Å². The van der Waals surface area contributed by atoms with E-state index in [2.05, 4.69) is 36.2 Å². The number of pyridine rings is 1. The summed E-state index contributed by atoms with van der Waals surface area (Å²) in [6.07, 6.45) is 3.97. The van der Waals surface area contributed by atoms with Gasteiger partial charge in [-0.25, -0.2) is 9.78 Å². The first kappa shape index (κ1) is 30.3. The molecule has 0 radical (unpaired) electrons. The number of para-hydroxylation sites is 1. The SMILES string of the molecule is CCOC(=O)/C=C/[C@H](Cc1nn[nH]n1)NC(=O)[C@H]1CCCN1C(=O)[C@@H](NC(=O)c1ccc2ccccc2n1)C(C)(C)C. The molecule has 0 bridgehead atoms. The maximum atomic E-state index is 13.9. The van der Waals surface area contributed by atoms with E-state index in [4.69, 9.17) is 4.74 Å². The highest BCUT2D eigenvalue weighted by atomic mass is 16.5. The van der Waals surface area contributed by atoms with Gasteiger partial charge in [0.1, 0.15) is 17.8 Å². The van der Waals surface area contributed by atoms with Crippen molar-refractivity contribution < 1.29 is 23.9 Å². The smallest absolute Gasteiger partial charge is 0.330 e. The number of ether oxygens (including phenoxy) is 1. The van der Waals surface area contributed by atoms with E-state index in [9.17, 15) is 19.2 Å². The lowest BCUT2D eigenvalue weighted by Crippen LogP contribution is -2.58. The van der Waals surface area contributed by atoms with Gasteiger partial charge in [-0.15, -0.1) is 10.2 Å². The van der Waals surface area contributed by atoms with E-state index in [0.29, 0.717) is 30.7 Å². The first-order valence-corrected chi connectivity index (χ1v) is 13.9. The van der Waals surface area contributed by atoms with Crippen molar-refractivity contribution in [3.63, 3.8) is 0 Å². The zero-order valence-corrected chi connectivity index (χ0v) is 24.2. The Morgan fingerprint density at radius 1 is 1.14 bits per heavy atom. The van der Waals surface area contributed by atoms with Crippen molar-refractivity contribution in [1.29, 1.82) is 0 Å². The molecule has 0 saturated carbocycles. The number of esters is 1. The van der Waals surface area contributed by atoms with Gasteiger partial charge in [-0.1, -0.05) is 56.3 Å². The highest BCUT2D eigenvalue weighted by Gasteiger charge is 2.42. The molecule has 0 spiro atoms. The van der Waals surface area contributed by atoms with Crippen LogP contribution in [0.2, 0.25) is 0 Å². The maximum absolute atomic E-state index is 13.9. The normalized spacial score (nSPS) is 16.8. The topological polar surface area (TPSA) is 172 Å². The standard InChI is InChI=1S/C29H36N8O5/c1-5-42-24(38)15-13-19(17-23-33-35-36-34-23)30-27(40)22-11-8-16-37(22)28(41)25(29(2,3)4)32-26(39)21-14-12-18-9-6-7-10-20(18)31-21/h6-7,9-10,12-15,19,22,25H,5,8,11,16-17H2,1-4H3,(H,30,40)(H,32,39)(H,33,34,35,36)/b15-13+/t19-,22-,25-/m1/s1. The van der Waals surface area contributed by atoms with Gasteiger partial charge in [0.25, 0.3) is 5.91 Å². The minimum Gasteiger partial charge on any atom is -0.463 e. The number of likely N-dealkylation sites (tertiary alicyclic amines) is 1. The molecule has 1 aliphatic heterocycles. The molecule has 1 aliphatic rings. The van der Waals surface area contributed by atoms with E-state index in [1.54, 1.807) is 13.0 Å². The van der Waals surface area contributed by atoms with Crippen LogP contribution in [0.5, 0.6) is 0 Å². The van der Waals surface area contributed by atoms with Crippen LogP contribution < -0.4 is 10.6 Å². The Morgan fingerprint density at radius 3 is 2.64 bits per heavy atom. The number of hydrogen-bond acceptors (Lipinski definition) is 9. The fourth-order valence-corrected chi connectivity index (χ4v) is 4.81. The van der Waals surface area contributed by atoms with Gasteiger partial charge in [-0.3, -0.25) is 14.4 Å². The molecular formula is C29H36N8O5. The van der Waals surface area contributed by atoms with Crippen LogP contribution >= 0.6 is 0 Å². The van der Waals surface area contributed by atoms with Crippen molar-refractivity contribution in [1.82, 2.24) is 41.1 Å². The van der Waals surface area contributed by atoms with E-state index in [-0.39, 0.29) is 24.6 Å². The van der Waals surface area contributed by atoms with Crippen molar-refractivity contribution >= 4 is 34.6 Å². The van der Waals surface area contributed by atoms with Gasteiger partial charge >= 0.3 is 5.97 Å². The molecule has 0 aliphatic carbocycles. The zero-order valence-electron chi connectivity index (χ0n) is 24.2. The number of aromatic amines is 1. The number of nitrogens with zero attached hydrogens (tertiary/aromatic N) is 5. The number of fused-ring (bicyclic) bond motifs is 1. The molecule has 1 saturated heterocycles. The number of nitrogens with one attached hydrogen (secondary N) is 3. The highest BCUT2D eigenvalue weighted by Crippen LogP contribution is 2.26. The molecule has 1 aromatic carbocycles. The third-order valence-corrected chi connectivity index (χ3v) is 6.93. The van der Waals surface area contributed by atoms with Gasteiger partial charge in [0.05, 0.1) is 18.2 Å². The summed E-state index contributed by atoms with van der Waals surface area (Å²) in [5.41, 5.74) is 0.216. The Morgan fingerprint density at radius 2 is 1.93 bits per heavy atom. The van der Waals surface area contributed by atoms with Crippen LogP contribution in [-0.2, 0) is 25.5 Å². The second-order valence-electron chi connectivity index (χ2n) is 11.1. The number of amides is 3. The minimum absolute atomic E-state index is 0.165. The average molecular weight is 577 g/mol. The van der Waals surface area contributed by atoms with Crippen LogP contribution in [0.4, 0.5) is 0 Å². The first-order chi connectivity index (χ1) is 20.1. The van der Waals surface area contributed by atoms with Gasteiger partial charge < -0.3 is 20.3 Å². The number of benzene rings is 1. The van der Waals surface area contributed by atoms with Crippen LogP contribution in [0.3, 0.4) is 0 Å². The van der Waals surface area contributed by atoms with E-state index < -0.39 is 41.3 Å². The van der Waals surface area contributed by atoms with Crippen LogP contribution in [0, 0.1) is 5.41 Å². The van der Waals surface area contributed by atoms with Crippen LogP contribution in [0.15, 0.2) is 48.6 Å². The number of carbonyl (C=O) groups is 4. The Kier molecular flexibility index (Phi) is 9.60. The molecule has 3 heterocycles. The van der Waals surface area contributed by atoms with Gasteiger partial charge in [0.2, 0.25) is 11.8 Å². The van der Waals surface area contributed by atoms with Gasteiger partial charge in [-0.2, -0.15) is 5.21 Å². The number of rotatable bonds is 10. The number of tetrazole rings is 1. The zero-order chi connectivity index (χ0) is 30.3. The van der Waals surface area contributed by atoms with Gasteiger partial charge in [0, 0.05) is 24.4 Å². The molecule has 1 fully saturated rings. The summed E-state index contributed by atoms with van der Waals surface area (Å²) in [5, 5.41) is 20.4. The summed E-state index contributed by atoms with van der Waals surface area (Å²) in [6, 6.07) is 8.57. The van der Waals surface area contributed by atoms with E-state index >= 15 is 0 Å². The predicted molar refractivity (Wildman–Crippen MR) is 153 cm³/mol. The third kappa shape index (κ3) is 7.53. The lowest BCUT2D eigenvalue weighted by molar-refractivity contribution is -0.142. The Balaban J connectivity index is 1.49. The summed E-state index contributed by atoms with van der Waals surface area (Å²) in [4.78, 5) is 58.5. The van der Waals surface area contributed by atoms with Crippen LogP contribution in [0.25, 0.3) is 10.9 Å². The van der Waals surface area contributed by atoms with Crippen LogP contribution in [0.1, 0.15) is 56.8 Å². The molecule has 0 unspecified atom stereocenters. The quantitative estimate of drug-likeness (QED) is 0.240. The fourth-order valence-electron chi connectivity index (χ4n) is 4.81. The van der Waals surface area contributed by atoms with E-state index in [1.807, 2.05) is 51.1 Å². The maximum Gasteiger partial charge on any atom is 0.330 e. The molecule has 222 valence electrons. The predicted octanol–water partition coefficient (Wildman–Crippen LogP) is 1.73. The molecule has 3 amide bonds. The summed E-state index contributed by atoms with van der Waals surface area (Å²) < 4.78 is 4.94. The molecule has 42 heavy (non-hydrogen) atoms. The molecule has 2 aromatic heterocycles. The number of hydrogen-bond donors (Lipinski definition) is 3. The Bertz CT molecular complexity index is 1450. The van der Waals surface area contributed by atoms with Crippen molar-refractivity contribution in [3.8, 4) is 0 Å². The second kappa shape index (κ2) is 13.3.